The lowest BCUT2D eigenvalue weighted by Crippen LogP contribution is -2.06. The van der Waals surface area contributed by atoms with E-state index in [-0.39, 0.29) is 6.42 Å². The summed E-state index contributed by atoms with van der Waals surface area (Å²) in [5.41, 5.74) is 0.980. The molecule has 1 aromatic rings. The molecule has 5 nitrogen and oxygen atoms in total. The zero-order chi connectivity index (χ0) is 11.4. The van der Waals surface area contributed by atoms with Gasteiger partial charge in [0.2, 0.25) is 0 Å². The van der Waals surface area contributed by atoms with Gasteiger partial charge in [-0.3, -0.25) is 4.79 Å². The van der Waals surface area contributed by atoms with Gasteiger partial charge in [0.05, 0.1) is 18.3 Å². The van der Waals surface area contributed by atoms with Crippen molar-refractivity contribution in [2.45, 2.75) is 44.4 Å². The fourth-order valence-electron chi connectivity index (χ4n) is 2.10. The molecule has 0 saturated heterocycles. The van der Waals surface area contributed by atoms with Crippen LogP contribution in [-0.2, 0) is 11.2 Å². The van der Waals surface area contributed by atoms with E-state index in [1.807, 2.05) is 0 Å². The van der Waals surface area contributed by atoms with E-state index in [2.05, 4.69) is 15.2 Å². The first-order chi connectivity index (χ1) is 7.75. The van der Waals surface area contributed by atoms with Gasteiger partial charge in [0.15, 0.2) is 5.82 Å². The fourth-order valence-corrected chi connectivity index (χ4v) is 2.10. The Hall–Kier alpha value is -1.52. The molecule has 1 fully saturated rings. The van der Waals surface area contributed by atoms with Gasteiger partial charge in [-0.25, -0.2) is 4.98 Å². The summed E-state index contributed by atoms with van der Waals surface area (Å²) in [7, 11) is 0. The molecule has 1 aliphatic rings. The van der Waals surface area contributed by atoms with Gasteiger partial charge in [-0.1, -0.05) is 12.8 Å². The van der Waals surface area contributed by atoms with Crippen LogP contribution < -0.4 is 0 Å². The number of aromatic nitrogens is 3. The van der Waals surface area contributed by atoms with Crippen LogP contribution >= 0.6 is 0 Å². The molecule has 0 bridgehead atoms. The maximum Gasteiger partial charge on any atom is 0.303 e. The third kappa shape index (κ3) is 2.74. The molecule has 5 heteroatoms. The topological polar surface area (TPSA) is 76.0 Å². The summed E-state index contributed by atoms with van der Waals surface area (Å²) in [6, 6.07) is 0. The Morgan fingerprint density at radius 2 is 2.19 bits per heavy atom. The summed E-state index contributed by atoms with van der Waals surface area (Å²) < 4.78 is 0. The second kappa shape index (κ2) is 5.01. The molecule has 0 radical (unpaired) electrons. The van der Waals surface area contributed by atoms with Gasteiger partial charge in [0.1, 0.15) is 0 Å². The van der Waals surface area contributed by atoms with Crippen molar-refractivity contribution in [1.29, 1.82) is 0 Å². The number of carboxylic acids is 1. The minimum absolute atomic E-state index is 0.0653. The van der Waals surface area contributed by atoms with E-state index in [0.717, 1.165) is 18.5 Å². The van der Waals surface area contributed by atoms with E-state index < -0.39 is 5.97 Å². The zero-order valence-corrected chi connectivity index (χ0v) is 9.09. The second-order valence-electron chi connectivity index (χ2n) is 4.17. The molecule has 1 aliphatic carbocycles. The van der Waals surface area contributed by atoms with Gasteiger partial charge in [-0.05, 0) is 12.8 Å². The first-order valence-electron chi connectivity index (χ1n) is 5.66. The van der Waals surface area contributed by atoms with Crippen molar-refractivity contribution in [1.82, 2.24) is 15.2 Å². The molecule has 0 aliphatic heterocycles. The van der Waals surface area contributed by atoms with Crippen molar-refractivity contribution in [3.63, 3.8) is 0 Å². The highest BCUT2D eigenvalue weighted by Gasteiger charge is 2.19. The maximum absolute atomic E-state index is 10.4. The van der Waals surface area contributed by atoms with Crippen molar-refractivity contribution in [3.8, 4) is 0 Å². The van der Waals surface area contributed by atoms with Crippen molar-refractivity contribution in [3.05, 3.63) is 17.7 Å². The number of hydrogen-bond acceptors (Lipinski definition) is 4. The van der Waals surface area contributed by atoms with E-state index in [9.17, 15) is 4.79 Å². The number of nitrogens with zero attached hydrogens (tertiary/aromatic N) is 3. The Kier molecular flexibility index (Phi) is 3.44. The van der Waals surface area contributed by atoms with Crippen LogP contribution in [0.2, 0.25) is 0 Å². The highest BCUT2D eigenvalue weighted by Crippen LogP contribution is 2.32. The van der Waals surface area contributed by atoms with Crippen LogP contribution in [0.3, 0.4) is 0 Å². The lowest BCUT2D eigenvalue weighted by atomic mass is 10.1. The Morgan fingerprint density at radius 1 is 1.44 bits per heavy atom. The molecule has 16 heavy (non-hydrogen) atoms. The molecular formula is C11H15N3O2. The van der Waals surface area contributed by atoms with E-state index in [1.54, 1.807) is 6.20 Å². The summed E-state index contributed by atoms with van der Waals surface area (Å²) in [6.07, 6.45) is 6.96. The lowest BCUT2D eigenvalue weighted by Gasteiger charge is -2.07. The zero-order valence-electron chi connectivity index (χ0n) is 9.09. The molecule has 86 valence electrons. The number of carboxylic acid groups (broad SMARTS) is 1. The van der Waals surface area contributed by atoms with Crippen molar-refractivity contribution in [2.75, 3.05) is 0 Å². The fraction of sp³-hybridized carbons (Fsp3) is 0.636. The predicted molar refractivity (Wildman–Crippen MR) is 57.0 cm³/mol. The molecule has 2 rings (SSSR count). The average molecular weight is 221 g/mol. The Labute approximate surface area is 93.9 Å². The standard InChI is InChI=1S/C11H15N3O2/c15-11(16)6-5-10-13-9(7-12-14-10)8-3-1-2-4-8/h7-8H,1-6H2,(H,15,16). The van der Waals surface area contributed by atoms with E-state index in [4.69, 9.17) is 5.11 Å². The van der Waals surface area contributed by atoms with Gasteiger partial charge < -0.3 is 5.11 Å². The summed E-state index contributed by atoms with van der Waals surface area (Å²) >= 11 is 0. The minimum Gasteiger partial charge on any atom is -0.481 e. The molecule has 1 saturated carbocycles. The number of aliphatic carboxylic acids is 1. The van der Waals surface area contributed by atoms with Crippen LogP contribution in [0.25, 0.3) is 0 Å². The molecule has 1 N–H and O–H groups in total. The van der Waals surface area contributed by atoms with Crippen LogP contribution in [-0.4, -0.2) is 26.3 Å². The highest BCUT2D eigenvalue weighted by atomic mass is 16.4. The Morgan fingerprint density at radius 3 is 2.88 bits per heavy atom. The summed E-state index contributed by atoms with van der Waals surface area (Å²) in [6.45, 7) is 0. The first-order valence-corrected chi connectivity index (χ1v) is 5.66. The quantitative estimate of drug-likeness (QED) is 0.834. The molecule has 0 unspecified atom stereocenters. The van der Waals surface area contributed by atoms with Gasteiger partial charge in [0.25, 0.3) is 0 Å². The SMILES string of the molecule is O=C(O)CCc1nncc(C2CCCC2)n1. The van der Waals surface area contributed by atoms with Gasteiger partial charge in [-0.2, -0.15) is 5.10 Å². The lowest BCUT2D eigenvalue weighted by molar-refractivity contribution is -0.137. The van der Waals surface area contributed by atoms with Crippen LogP contribution in [0.1, 0.15) is 49.5 Å². The first kappa shape index (κ1) is 11.0. The van der Waals surface area contributed by atoms with Gasteiger partial charge in [0, 0.05) is 12.3 Å². The molecule has 1 heterocycles. The minimum atomic E-state index is -0.824. The maximum atomic E-state index is 10.4. The Balaban J connectivity index is 2.03. The van der Waals surface area contributed by atoms with Crippen LogP contribution in [0.4, 0.5) is 0 Å². The van der Waals surface area contributed by atoms with Gasteiger partial charge >= 0.3 is 5.97 Å². The number of rotatable bonds is 4. The second-order valence-corrected chi connectivity index (χ2v) is 4.17. The average Bonchev–Trinajstić information content (AvgIpc) is 2.80. The number of carbonyl (C=O) groups is 1. The molecule has 1 aromatic heterocycles. The van der Waals surface area contributed by atoms with E-state index in [1.165, 1.54) is 12.8 Å². The number of aryl methyl sites for hydroxylation is 1. The summed E-state index contributed by atoms with van der Waals surface area (Å²) in [4.78, 5) is 14.8. The third-order valence-corrected chi connectivity index (χ3v) is 2.96. The molecule has 0 atom stereocenters. The van der Waals surface area contributed by atoms with Crippen LogP contribution in [0.15, 0.2) is 6.20 Å². The van der Waals surface area contributed by atoms with Crippen LogP contribution in [0, 0.1) is 0 Å². The molecule has 0 amide bonds. The van der Waals surface area contributed by atoms with Crippen molar-refractivity contribution in [2.24, 2.45) is 0 Å². The van der Waals surface area contributed by atoms with E-state index >= 15 is 0 Å². The number of hydrogen-bond donors (Lipinski definition) is 1. The molecular weight excluding hydrogens is 206 g/mol. The third-order valence-electron chi connectivity index (χ3n) is 2.96. The Bertz CT molecular complexity index is 375. The van der Waals surface area contributed by atoms with Crippen molar-refractivity contribution >= 4 is 5.97 Å². The largest absolute Gasteiger partial charge is 0.481 e. The van der Waals surface area contributed by atoms with E-state index in [0.29, 0.717) is 18.2 Å². The smallest absolute Gasteiger partial charge is 0.303 e. The summed E-state index contributed by atoms with van der Waals surface area (Å²) in [5.74, 6) is 0.223. The normalized spacial score (nSPS) is 16.5. The van der Waals surface area contributed by atoms with Gasteiger partial charge in [-0.15, -0.1) is 5.10 Å². The predicted octanol–water partition coefficient (Wildman–Crippen LogP) is 1.55. The molecule has 0 spiro atoms. The summed E-state index contributed by atoms with van der Waals surface area (Å²) in [5, 5.41) is 16.3. The molecule has 0 aromatic carbocycles. The van der Waals surface area contributed by atoms with Crippen molar-refractivity contribution < 1.29 is 9.90 Å². The van der Waals surface area contributed by atoms with Crippen LogP contribution in [0.5, 0.6) is 0 Å². The monoisotopic (exact) mass is 221 g/mol. The highest BCUT2D eigenvalue weighted by molar-refractivity contribution is 5.66.